The van der Waals surface area contributed by atoms with E-state index >= 15 is 0 Å². The van der Waals surface area contributed by atoms with Crippen molar-refractivity contribution in [3.8, 4) is 0 Å². The maximum absolute atomic E-state index is 13.4. The van der Waals surface area contributed by atoms with Crippen LogP contribution >= 0.6 is 15.9 Å². The molecule has 1 aromatic rings. The molecule has 0 spiro atoms. The van der Waals surface area contributed by atoms with Crippen LogP contribution in [0.2, 0.25) is 0 Å². The molecule has 3 heteroatoms. The Kier molecular flexibility index (Phi) is 3.22. The molecule has 0 bridgehead atoms. The minimum atomic E-state index is -0.139. The van der Waals surface area contributed by atoms with E-state index in [4.69, 9.17) is 5.73 Å². The smallest absolute Gasteiger partial charge is 0.126 e. The van der Waals surface area contributed by atoms with Crippen molar-refractivity contribution in [2.75, 3.05) is 0 Å². The third kappa shape index (κ3) is 2.67. The lowest BCUT2D eigenvalue weighted by Crippen LogP contribution is -2.11. The zero-order valence-corrected chi connectivity index (χ0v) is 9.93. The molecular weight excluding hydrogens is 257 g/mol. The summed E-state index contributed by atoms with van der Waals surface area (Å²) in [5.74, 6) is -0.139. The first kappa shape index (κ1) is 10.8. The van der Waals surface area contributed by atoms with Crippen molar-refractivity contribution >= 4 is 15.9 Å². The van der Waals surface area contributed by atoms with Gasteiger partial charge in [0.05, 0.1) is 0 Å². The van der Waals surface area contributed by atoms with Gasteiger partial charge in [-0.1, -0.05) is 27.6 Å². The number of benzene rings is 1. The number of rotatable bonds is 2. The topological polar surface area (TPSA) is 26.0 Å². The first-order valence-corrected chi connectivity index (χ1v) is 5.83. The highest BCUT2D eigenvalue weighted by Gasteiger charge is 2.13. The van der Waals surface area contributed by atoms with E-state index in [9.17, 15) is 4.39 Å². The van der Waals surface area contributed by atoms with Crippen LogP contribution in [0, 0.1) is 5.82 Å². The van der Waals surface area contributed by atoms with Crippen LogP contribution in [-0.2, 0) is 6.42 Å². The first-order chi connectivity index (χ1) is 7.15. The predicted octanol–water partition coefficient (Wildman–Crippen LogP) is 3.18. The molecule has 1 unspecified atom stereocenters. The monoisotopic (exact) mass is 269 g/mol. The van der Waals surface area contributed by atoms with E-state index in [-0.39, 0.29) is 11.9 Å². The Bertz CT molecular complexity index is 401. The fourth-order valence-electron chi connectivity index (χ4n) is 1.89. The minimum Gasteiger partial charge on any atom is -0.324 e. The lowest BCUT2D eigenvalue weighted by Gasteiger charge is -2.04. The summed E-state index contributed by atoms with van der Waals surface area (Å²) in [7, 11) is 0. The summed E-state index contributed by atoms with van der Waals surface area (Å²) in [4.78, 5) is 0. The molecule has 15 heavy (non-hydrogen) atoms. The van der Waals surface area contributed by atoms with Crippen LogP contribution in [0.15, 0.2) is 34.3 Å². The number of hydrogen-bond donors (Lipinski definition) is 1. The van der Waals surface area contributed by atoms with Crippen LogP contribution in [0.25, 0.3) is 0 Å². The van der Waals surface area contributed by atoms with E-state index in [1.54, 1.807) is 6.07 Å². The molecule has 0 saturated carbocycles. The van der Waals surface area contributed by atoms with E-state index in [2.05, 4.69) is 22.0 Å². The zero-order chi connectivity index (χ0) is 10.8. The Labute approximate surface area is 97.3 Å². The van der Waals surface area contributed by atoms with Crippen molar-refractivity contribution in [3.05, 3.63) is 45.7 Å². The van der Waals surface area contributed by atoms with Crippen molar-refractivity contribution in [1.29, 1.82) is 0 Å². The molecular formula is C12H13BrFN. The summed E-state index contributed by atoms with van der Waals surface area (Å²) < 4.78 is 14.4. The molecule has 1 nitrogen and oxygen atoms in total. The Morgan fingerprint density at radius 2 is 2.27 bits per heavy atom. The lowest BCUT2D eigenvalue weighted by atomic mass is 10.0. The Morgan fingerprint density at radius 1 is 1.47 bits per heavy atom. The Morgan fingerprint density at radius 3 is 2.93 bits per heavy atom. The van der Waals surface area contributed by atoms with Gasteiger partial charge in [-0.05, 0) is 43.0 Å². The van der Waals surface area contributed by atoms with E-state index < -0.39 is 0 Å². The zero-order valence-electron chi connectivity index (χ0n) is 8.34. The van der Waals surface area contributed by atoms with Crippen LogP contribution in [0.5, 0.6) is 0 Å². The molecule has 2 N–H and O–H groups in total. The second-order valence-corrected chi connectivity index (χ2v) is 4.86. The molecule has 1 aliphatic rings. The van der Waals surface area contributed by atoms with Crippen molar-refractivity contribution in [2.24, 2.45) is 5.73 Å². The van der Waals surface area contributed by atoms with Gasteiger partial charge < -0.3 is 5.73 Å². The molecule has 1 aromatic carbocycles. The van der Waals surface area contributed by atoms with Gasteiger partial charge in [-0.15, -0.1) is 0 Å². The molecule has 2 rings (SSSR count). The maximum Gasteiger partial charge on any atom is 0.126 e. The highest BCUT2D eigenvalue weighted by molar-refractivity contribution is 9.10. The Balaban J connectivity index is 2.17. The van der Waals surface area contributed by atoms with Gasteiger partial charge in [0.15, 0.2) is 0 Å². The second kappa shape index (κ2) is 4.45. The van der Waals surface area contributed by atoms with Crippen LogP contribution in [-0.4, -0.2) is 6.04 Å². The number of nitrogens with two attached hydrogens (primary N) is 1. The summed E-state index contributed by atoms with van der Waals surface area (Å²) in [6.07, 6.45) is 4.72. The SMILES string of the molecule is NC1C=C(Cc2cc(Br)ccc2F)CC1. The van der Waals surface area contributed by atoms with E-state index in [1.165, 1.54) is 11.6 Å². The van der Waals surface area contributed by atoms with Gasteiger partial charge in [0.2, 0.25) is 0 Å². The summed E-state index contributed by atoms with van der Waals surface area (Å²) >= 11 is 3.35. The summed E-state index contributed by atoms with van der Waals surface area (Å²) in [5, 5.41) is 0. The van der Waals surface area contributed by atoms with Crippen molar-refractivity contribution in [1.82, 2.24) is 0 Å². The van der Waals surface area contributed by atoms with Crippen LogP contribution in [0.3, 0.4) is 0 Å². The van der Waals surface area contributed by atoms with E-state index in [0.717, 1.165) is 22.9 Å². The number of allylic oxidation sites excluding steroid dienone is 1. The fraction of sp³-hybridized carbons (Fsp3) is 0.333. The molecule has 0 radical (unpaired) electrons. The van der Waals surface area contributed by atoms with Crippen LogP contribution in [0.4, 0.5) is 4.39 Å². The van der Waals surface area contributed by atoms with E-state index in [1.807, 2.05) is 6.07 Å². The number of halogens is 2. The molecule has 0 aromatic heterocycles. The summed E-state index contributed by atoms with van der Waals surface area (Å²) in [5.41, 5.74) is 7.76. The van der Waals surface area contributed by atoms with Gasteiger partial charge in [0.1, 0.15) is 5.82 Å². The number of hydrogen-bond acceptors (Lipinski definition) is 1. The standard InChI is InChI=1S/C12H13BrFN/c13-10-2-4-12(14)9(7-10)5-8-1-3-11(15)6-8/h2,4,6-7,11H,1,3,5,15H2. The average molecular weight is 270 g/mol. The average Bonchev–Trinajstić information content (AvgIpc) is 2.58. The van der Waals surface area contributed by atoms with Gasteiger partial charge >= 0.3 is 0 Å². The molecule has 1 atom stereocenters. The van der Waals surface area contributed by atoms with Gasteiger partial charge in [-0.3, -0.25) is 0 Å². The lowest BCUT2D eigenvalue weighted by molar-refractivity contribution is 0.612. The van der Waals surface area contributed by atoms with Crippen LogP contribution < -0.4 is 5.73 Å². The van der Waals surface area contributed by atoms with Gasteiger partial charge in [0, 0.05) is 10.5 Å². The highest BCUT2D eigenvalue weighted by Crippen LogP contribution is 2.24. The van der Waals surface area contributed by atoms with Gasteiger partial charge in [0.25, 0.3) is 0 Å². The third-order valence-corrected chi connectivity index (χ3v) is 3.17. The van der Waals surface area contributed by atoms with Crippen LogP contribution in [0.1, 0.15) is 18.4 Å². The quantitative estimate of drug-likeness (QED) is 0.821. The van der Waals surface area contributed by atoms with Crippen molar-refractivity contribution in [2.45, 2.75) is 25.3 Å². The van der Waals surface area contributed by atoms with Gasteiger partial charge in [-0.2, -0.15) is 0 Å². The van der Waals surface area contributed by atoms with E-state index in [0.29, 0.717) is 6.42 Å². The predicted molar refractivity (Wildman–Crippen MR) is 63.1 cm³/mol. The maximum atomic E-state index is 13.4. The molecule has 0 heterocycles. The van der Waals surface area contributed by atoms with Gasteiger partial charge in [-0.25, -0.2) is 4.39 Å². The summed E-state index contributed by atoms with van der Waals surface area (Å²) in [6, 6.07) is 5.21. The Hall–Kier alpha value is -0.670. The van der Waals surface area contributed by atoms with Crippen molar-refractivity contribution in [3.63, 3.8) is 0 Å². The third-order valence-electron chi connectivity index (χ3n) is 2.67. The van der Waals surface area contributed by atoms with Crippen molar-refractivity contribution < 1.29 is 4.39 Å². The molecule has 80 valence electrons. The molecule has 1 aliphatic carbocycles. The second-order valence-electron chi connectivity index (χ2n) is 3.94. The normalized spacial score (nSPS) is 20.5. The molecule has 0 aliphatic heterocycles. The molecule has 0 fully saturated rings. The minimum absolute atomic E-state index is 0.139. The first-order valence-electron chi connectivity index (χ1n) is 5.04. The summed E-state index contributed by atoms with van der Waals surface area (Å²) in [6.45, 7) is 0. The largest absolute Gasteiger partial charge is 0.324 e. The highest BCUT2D eigenvalue weighted by atomic mass is 79.9. The molecule has 0 amide bonds. The fourth-order valence-corrected chi connectivity index (χ4v) is 2.30. The molecule has 0 saturated heterocycles.